The Bertz CT molecular complexity index is 199. The lowest BCUT2D eigenvalue weighted by atomic mass is 10.0. The second-order valence-corrected chi connectivity index (χ2v) is 4.25. The molecule has 1 unspecified atom stereocenters. The van der Waals surface area contributed by atoms with Gasteiger partial charge in [0, 0.05) is 6.42 Å². The van der Waals surface area contributed by atoms with Crippen molar-refractivity contribution in [2.45, 2.75) is 58.8 Å². The van der Waals surface area contributed by atoms with E-state index in [0.717, 1.165) is 38.5 Å². The highest BCUT2D eigenvalue weighted by atomic mass is 16.4. The molecule has 1 N–H and O–H groups in total. The van der Waals surface area contributed by atoms with Crippen molar-refractivity contribution in [1.29, 1.82) is 0 Å². The van der Waals surface area contributed by atoms with Gasteiger partial charge < -0.3 is 9.90 Å². The van der Waals surface area contributed by atoms with E-state index in [2.05, 4.69) is 0 Å². The van der Waals surface area contributed by atoms with Gasteiger partial charge in [-0.3, -0.25) is 4.79 Å². The molecule has 3 heteroatoms. The van der Waals surface area contributed by atoms with Gasteiger partial charge in [-0.2, -0.15) is 0 Å². The number of hydrogen-bond acceptors (Lipinski definition) is 2. The van der Waals surface area contributed by atoms with E-state index >= 15 is 0 Å². The van der Waals surface area contributed by atoms with Crippen LogP contribution in [0.5, 0.6) is 0 Å². The van der Waals surface area contributed by atoms with Gasteiger partial charge in [0.1, 0.15) is 5.78 Å². The minimum Gasteiger partial charge on any atom is -0.481 e. The average Bonchev–Trinajstić information content (AvgIpc) is 2.15. The molecule has 0 radical (unpaired) electrons. The van der Waals surface area contributed by atoms with Crippen LogP contribution in [0.3, 0.4) is 0 Å². The average molecular weight is 214 g/mol. The van der Waals surface area contributed by atoms with Crippen molar-refractivity contribution in [3.05, 3.63) is 0 Å². The van der Waals surface area contributed by atoms with Gasteiger partial charge in [0.15, 0.2) is 0 Å². The van der Waals surface area contributed by atoms with E-state index in [0.29, 0.717) is 6.42 Å². The first kappa shape index (κ1) is 14.1. The summed E-state index contributed by atoms with van der Waals surface area (Å²) in [6.07, 6.45) is 6.68. The van der Waals surface area contributed by atoms with Crippen LogP contribution in [0, 0.1) is 5.92 Å². The standard InChI is InChI=1S/C12H22O3/c1-10(12(14)15)8-6-4-3-5-7-9-11(2)13/h10H,3-9H2,1-2H3,(H,14,15). The molecule has 0 spiro atoms. The fraction of sp³-hybridized carbons (Fsp3) is 0.833. The zero-order valence-corrected chi connectivity index (χ0v) is 9.79. The van der Waals surface area contributed by atoms with Gasteiger partial charge in [-0.15, -0.1) is 0 Å². The molecule has 0 aliphatic carbocycles. The van der Waals surface area contributed by atoms with E-state index in [9.17, 15) is 9.59 Å². The zero-order valence-electron chi connectivity index (χ0n) is 9.79. The van der Waals surface area contributed by atoms with Crippen LogP contribution >= 0.6 is 0 Å². The van der Waals surface area contributed by atoms with E-state index in [1.165, 1.54) is 0 Å². The Labute approximate surface area is 91.9 Å². The molecule has 0 aliphatic heterocycles. The lowest BCUT2D eigenvalue weighted by molar-refractivity contribution is -0.141. The van der Waals surface area contributed by atoms with Gasteiger partial charge in [-0.25, -0.2) is 0 Å². The first-order valence-electron chi connectivity index (χ1n) is 5.76. The summed E-state index contributed by atoms with van der Waals surface area (Å²) in [6.45, 7) is 3.37. The first-order chi connectivity index (χ1) is 7.04. The van der Waals surface area contributed by atoms with Crippen LogP contribution in [0.1, 0.15) is 58.8 Å². The Morgan fingerprint density at radius 3 is 2.13 bits per heavy atom. The maximum Gasteiger partial charge on any atom is 0.306 e. The molecule has 3 nitrogen and oxygen atoms in total. The molecule has 88 valence electrons. The second kappa shape index (κ2) is 8.45. The molecule has 0 saturated heterocycles. The number of hydrogen-bond donors (Lipinski definition) is 1. The third kappa shape index (κ3) is 9.44. The summed E-state index contributed by atoms with van der Waals surface area (Å²) in [6, 6.07) is 0. The molecule has 15 heavy (non-hydrogen) atoms. The molecule has 0 fully saturated rings. The van der Waals surface area contributed by atoms with Crippen molar-refractivity contribution in [3.63, 3.8) is 0 Å². The molecule has 0 aromatic carbocycles. The number of aliphatic carboxylic acids is 1. The zero-order chi connectivity index (χ0) is 11.7. The van der Waals surface area contributed by atoms with Crippen molar-refractivity contribution in [1.82, 2.24) is 0 Å². The predicted octanol–water partition coefficient (Wildman–Crippen LogP) is 3.03. The van der Waals surface area contributed by atoms with E-state index in [1.807, 2.05) is 0 Å². The topological polar surface area (TPSA) is 54.4 Å². The molecular weight excluding hydrogens is 192 g/mol. The molecule has 0 aromatic rings. The third-order valence-electron chi connectivity index (χ3n) is 2.59. The van der Waals surface area contributed by atoms with Gasteiger partial charge >= 0.3 is 5.97 Å². The Morgan fingerprint density at radius 2 is 1.60 bits per heavy atom. The molecule has 0 rings (SSSR count). The Hall–Kier alpha value is -0.860. The highest BCUT2D eigenvalue weighted by molar-refractivity contribution is 5.75. The monoisotopic (exact) mass is 214 g/mol. The van der Waals surface area contributed by atoms with E-state index in [4.69, 9.17) is 5.11 Å². The van der Waals surface area contributed by atoms with Crippen LogP contribution in [-0.2, 0) is 9.59 Å². The highest BCUT2D eigenvalue weighted by Crippen LogP contribution is 2.12. The summed E-state index contributed by atoms with van der Waals surface area (Å²) in [5.74, 6) is -0.664. The summed E-state index contributed by atoms with van der Waals surface area (Å²) in [5, 5.41) is 8.65. The Kier molecular flexibility index (Phi) is 7.96. The van der Waals surface area contributed by atoms with Gasteiger partial charge in [-0.05, 0) is 19.8 Å². The summed E-state index contributed by atoms with van der Waals surface area (Å²) >= 11 is 0. The van der Waals surface area contributed by atoms with Crippen molar-refractivity contribution in [3.8, 4) is 0 Å². The van der Waals surface area contributed by atoms with Gasteiger partial charge in [-0.1, -0.05) is 32.6 Å². The summed E-state index contributed by atoms with van der Waals surface area (Å²) in [5.41, 5.74) is 0. The summed E-state index contributed by atoms with van der Waals surface area (Å²) < 4.78 is 0. The van der Waals surface area contributed by atoms with Crippen LogP contribution in [0.25, 0.3) is 0 Å². The molecule has 0 aliphatic rings. The van der Waals surface area contributed by atoms with E-state index in [-0.39, 0.29) is 11.7 Å². The molecule has 0 amide bonds. The van der Waals surface area contributed by atoms with Crippen molar-refractivity contribution in [2.24, 2.45) is 5.92 Å². The van der Waals surface area contributed by atoms with Gasteiger partial charge in [0.25, 0.3) is 0 Å². The molecule has 0 heterocycles. The number of ketones is 1. The Morgan fingerprint density at radius 1 is 1.07 bits per heavy atom. The van der Waals surface area contributed by atoms with Gasteiger partial charge in [0.2, 0.25) is 0 Å². The number of rotatable bonds is 9. The van der Waals surface area contributed by atoms with E-state index in [1.54, 1.807) is 13.8 Å². The highest BCUT2D eigenvalue weighted by Gasteiger charge is 2.09. The first-order valence-corrected chi connectivity index (χ1v) is 5.76. The molecular formula is C12H22O3. The lowest BCUT2D eigenvalue weighted by Gasteiger charge is -2.05. The molecule has 1 atom stereocenters. The summed E-state index contributed by atoms with van der Waals surface area (Å²) in [7, 11) is 0. The maximum atomic E-state index is 10.6. The maximum absolute atomic E-state index is 10.6. The number of unbranched alkanes of at least 4 members (excludes halogenated alkanes) is 4. The number of carbonyl (C=O) groups excluding carboxylic acids is 1. The normalized spacial score (nSPS) is 12.4. The van der Waals surface area contributed by atoms with Crippen molar-refractivity contribution in [2.75, 3.05) is 0 Å². The van der Waals surface area contributed by atoms with E-state index < -0.39 is 5.97 Å². The minimum atomic E-state index is -0.702. The van der Waals surface area contributed by atoms with Crippen LogP contribution in [0.15, 0.2) is 0 Å². The van der Waals surface area contributed by atoms with Crippen LogP contribution in [0.2, 0.25) is 0 Å². The number of carbonyl (C=O) groups is 2. The fourth-order valence-electron chi connectivity index (χ4n) is 1.48. The number of carboxylic acids is 1. The quantitative estimate of drug-likeness (QED) is 0.600. The van der Waals surface area contributed by atoms with Crippen LogP contribution in [0.4, 0.5) is 0 Å². The van der Waals surface area contributed by atoms with Crippen molar-refractivity contribution < 1.29 is 14.7 Å². The third-order valence-corrected chi connectivity index (χ3v) is 2.59. The van der Waals surface area contributed by atoms with Gasteiger partial charge in [0.05, 0.1) is 5.92 Å². The molecule has 0 saturated carbocycles. The van der Waals surface area contributed by atoms with Crippen LogP contribution in [-0.4, -0.2) is 16.9 Å². The molecule has 0 bridgehead atoms. The SMILES string of the molecule is CC(=O)CCCCCCCC(C)C(=O)O. The Balaban J connectivity index is 3.18. The number of Topliss-reactive ketones (excluding diaryl/α,β-unsaturated/α-hetero) is 1. The second-order valence-electron chi connectivity index (χ2n) is 4.25. The summed E-state index contributed by atoms with van der Waals surface area (Å²) in [4.78, 5) is 21.1. The largest absolute Gasteiger partial charge is 0.481 e. The predicted molar refractivity (Wildman–Crippen MR) is 59.8 cm³/mol. The fourth-order valence-corrected chi connectivity index (χ4v) is 1.48. The van der Waals surface area contributed by atoms with Crippen LogP contribution < -0.4 is 0 Å². The minimum absolute atomic E-state index is 0.220. The molecule has 0 aromatic heterocycles. The van der Waals surface area contributed by atoms with Crippen molar-refractivity contribution >= 4 is 11.8 Å². The number of carboxylic acid groups (broad SMARTS) is 1. The smallest absolute Gasteiger partial charge is 0.306 e. The lowest BCUT2D eigenvalue weighted by Crippen LogP contribution is -2.08.